The number of halogens is 3. The van der Waals surface area contributed by atoms with Crippen LogP contribution in [0.3, 0.4) is 0 Å². The number of H-pyrrole nitrogens is 2. The van der Waals surface area contributed by atoms with Gasteiger partial charge in [-0.3, -0.25) is 19.4 Å². The van der Waals surface area contributed by atoms with Crippen LogP contribution in [0, 0.1) is 5.82 Å². The third-order valence-electron chi connectivity index (χ3n) is 6.16. The highest BCUT2D eigenvalue weighted by molar-refractivity contribution is 6.30. The second-order valence-electron chi connectivity index (χ2n) is 8.46. The van der Waals surface area contributed by atoms with Crippen molar-refractivity contribution in [3.63, 3.8) is 0 Å². The molecule has 2 atom stereocenters. The number of nitrogens with zero attached hydrogens (tertiary/aromatic N) is 3. The molecule has 13 heteroatoms. The summed E-state index contributed by atoms with van der Waals surface area (Å²) in [6, 6.07) is 4.91. The fourth-order valence-corrected chi connectivity index (χ4v) is 4.61. The lowest BCUT2D eigenvalue weighted by Gasteiger charge is -2.24. The topological polar surface area (TPSA) is 133 Å². The average Bonchev–Trinajstić information content (AvgIpc) is 3.43. The van der Waals surface area contributed by atoms with Gasteiger partial charge in [0.25, 0.3) is 5.56 Å². The normalized spacial score (nSPS) is 17.7. The molecule has 0 bridgehead atoms. The molecular weight excluding hydrogens is 498 g/mol. The lowest BCUT2D eigenvalue weighted by Crippen LogP contribution is -2.46. The highest BCUT2D eigenvalue weighted by Crippen LogP contribution is 2.24. The molecule has 1 saturated heterocycles. The monoisotopic (exact) mass is 516 g/mol. The number of alkyl halides is 1. The summed E-state index contributed by atoms with van der Waals surface area (Å²) in [5.41, 5.74) is -0.510. The molecule has 0 saturated carbocycles. The Bertz CT molecular complexity index is 1630. The third kappa shape index (κ3) is 4.24. The minimum atomic E-state index is -1.40. The standard InChI is InChI=1S/C23H19ClF2N6O4/c24-15-3-1-2-11(18(15)26)7-28-22(35)16-6-12(25)9-32(16)17(33)10-31-5-4-13-19-14(8-27-20(13)31)21(34)30-23(36)29-19/h1-5,8,12,16H,6-7,9-10H2,(H,28,35)(H2,29,30,34,36). The lowest BCUT2D eigenvalue weighted by atomic mass is 10.1. The number of aromatic nitrogens is 4. The summed E-state index contributed by atoms with van der Waals surface area (Å²) < 4.78 is 29.9. The van der Waals surface area contributed by atoms with Crippen molar-refractivity contribution in [2.24, 2.45) is 0 Å². The first-order valence-corrected chi connectivity index (χ1v) is 11.3. The first-order chi connectivity index (χ1) is 17.2. The molecule has 0 radical (unpaired) electrons. The van der Waals surface area contributed by atoms with Crippen LogP contribution >= 0.6 is 11.6 Å². The SMILES string of the molecule is O=C(NCc1cccc(Cl)c1F)C1CC(F)CN1C(=O)Cn1ccc2c3[nH]c(=O)[nH]c(=O)c3cnc21. The van der Waals surface area contributed by atoms with E-state index >= 15 is 0 Å². The van der Waals surface area contributed by atoms with E-state index in [1.54, 1.807) is 18.3 Å². The smallest absolute Gasteiger partial charge is 0.326 e. The first kappa shape index (κ1) is 23.7. The van der Waals surface area contributed by atoms with E-state index in [4.69, 9.17) is 11.6 Å². The highest BCUT2D eigenvalue weighted by Gasteiger charge is 2.39. The van der Waals surface area contributed by atoms with Gasteiger partial charge in [-0.05, 0) is 12.1 Å². The molecule has 1 aliphatic heterocycles. The maximum absolute atomic E-state index is 14.3. The van der Waals surface area contributed by atoms with Crippen LogP contribution in [0.5, 0.6) is 0 Å². The summed E-state index contributed by atoms with van der Waals surface area (Å²) in [5, 5.41) is 3.09. The molecule has 4 heterocycles. The molecule has 1 aromatic carbocycles. The molecule has 3 aromatic heterocycles. The summed E-state index contributed by atoms with van der Waals surface area (Å²) in [6.07, 6.45) is 1.25. The van der Waals surface area contributed by atoms with Gasteiger partial charge in [-0.1, -0.05) is 23.7 Å². The van der Waals surface area contributed by atoms with Gasteiger partial charge in [0.15, 0.2) is 0 Å². The first-order valence-electron chi connectivity index (χ1n) is 11.0. The van der Waals surface area contributed by atoms with Gasteiger partial charge in [-0.2, -0.15) is 0 Å². The highest BCUT2D eigenvalue weighted by atomic mass is 35.5. The van der Waals surface area contributed by atoms with Crippen LogP contribution in [0.2, 0.25) is 5.02 Å². The van der Waals surface area contributed by atoms with Crippen LogP contribution in [0.4, 0.5) is 8.78 Å². The molecule has 5 rings (SSSR count). The van der Waals surface area contributed by atoms with Crippen LogP contribution in [0.25, 0.3) is 21.9 Å². The van der Waals surface area contributed by atoms with E-state index in [1.165, 1.54) is 22.9 Å². The number of benzene rings is 1. The quantitative estimate of drug-likeness (QED) is 0.371. The lowest BCUT2D eigenvalue weighted by molar-refractivity contribution is -0.139. The second-order valence-corrected chi connectivity index (χ2v) is 8.87. The second kappa shape index (κ2) is 9.19. The number of pyridine rings is 1. The number of likely N-dealkylation sites (tertiary alicyclic amines) is 1. The van der Waals surface area contributed by atoms with Gasteiger partial charge in [-0.15, -0.1) is 0 Å². The summed E-state index contributed by atoms with van der Waals surface area (Å²) >= 11 is 5.76. The number of rotatable bonds is 5. The van der Waals surface area contributed by atoms with E-state index in [-0.39, 0.29) is 47.5 Å². The zero-order chi connectivity index (χ0) is 25.6. The van der Waals surface area contributed by atoms with Crippen molar-refractivity contribution in [3.8, 4) is 0 Å². The van der Waals surface area contributed by atoms with Crippen molar-refractivity contribution in [2.75, 3.05) is 6.54 Å². The van der Waals surface area contributed by atoms with Gasteiger partial charge in [0.2, 0.25) is 11.8 Å². The van der Waals surface area contributed by atoms with E-state index < -0.39 is 41.1 Å². The molecule has 10 nitrogen and oxygen atoms in total. The number of hydrogen-bond acceptors (Lipinski definition) is 5. The van der Waals surface area contributed by atoms with E-state index in [0.29, 0.717) is 11.0 Å². The van der Waals surface area contributed by atoms with Gasteiger partial charge >= 0.3 is 5.69 Å². The molecule has 3 N–H and O–H groups in total. The Morgan fingerprint density at radius 2 is 2.00 bits per heavy atom. The van der Waals surface area contributed by atoms with E-state index in [9.17, 15) is 28.0 Å². The average molecular weight is 517 g/mol. The number of aromatic amines is 2. The van der Waals surface area contributed by atoms with E-state index in [2.05, 4.69) is 20.3 Å². The Morgan fingerprint density at radius 3 is 2.81 bits per heavy atom. The number of amides is 2. The molecule has 2 amide bonds. The van der Waals surface area contributed by atoms with Crippen LogP contribution in [-0.4, -0.2) is 55.0 Å². The number of nitrogens with one attached hydrogen (secondary N) is 3. The van der Waals surface area contributed by atoms with E-state index in [1.807, 2.05) is 0 Å². The third-order valence-corrected chi connectivity index (χ3v) is 6.45. The van der Waals surface area contributed by atoms with E-state index in [0.717, 1.165) is 4.90 Å². The Morgan fingerprint density at radius 1 is 1.19 bits per heavy atom. The maximum Gasteiger partial charge on any atom is 0.326 e. The minimum absolute atomic E-state index is 0.0859. The van der Waals surface area contributed by atoms with Crippen molar-refractivity contribution in [2.45, 2.75) is 31.7 Å². The fraction of sp³-hybridized carbons (Fsp3) is 0.261. The molecule has 1 aliphatic rings. The largest absolute Gasteiger partial charge is 0.350 e. The van der Waals surface area contributed by atoms with Gasteiger partial charge in [-0.25, -0.2) is 18.6 Å². The molecule has 1 fully saturated rings. The van der Waals surface area contributed by atoms with Crippen LogP contribution in [-0.2, 0) is 22.7 Å². The van der Waals surface area contributed by atoms with Crippen LogP contribution in [0.15, 0.2) is 46.2 Å². The van der Waals surface area contributed by atoms with Crippen molar-refractivity contribution in [1.82, 2.24) is 29.7 Å². The van der Waals surface area contributed by atoms with Gasteiger partial charge in [0.1, 0.15) is 30.2 Å². The molecule has 2 unspecified atom stereocenters. The molecule has 0 spiro atoms. The van der Waals surface area contributed by atoms with Crippen LogP contribution in [0.1, 0.15) is 12.0 Å². The van der Waals surface area contributed by atoms with Crippen molar-refractivity contribution in [3.05, 3.63) is 73.9 Å². The predicted octanol–water partition coefficient (Wildman–Crippen LogP) is 1.61. The van der Waals surface area contributed by atoms with Crippen molar-refractivity contribution < 1.29 is 18.4 Å². The summed E-state index contributed by atoms with van der Waals surface area (Å²) in [7, 11) is 0. The Hall–Kier alpha value is -4.06. The molecule has 36 heavy (non-hydrogen) atoms. The van der Waals surface area contributed by atoms with Gasteiger partial charge in [0.05, 0.1) is 22.5 Å². The van der Waals surface area contributed by atoms with Crippen molar-refractivity contribution in [1.29, 1.82) is 0 Å². The molecular formula is C23H19ClF2N6O4. The molecule has 0 aliphatic carbocycles. The van der Waals surface area contributed by atoms with Gasteiger partial charge < -0.3 is 19.8 Å². The predicted molar refractivity (Wildman–Crippen MR) is 127 cm³/mol. The fourth-order valence-electron chi connectivity index (χ4n) is 4.42. The number of carbonyl (C=O) groups is 2. The maximum atomic E-state index is 14.3. The molecule has 4 aromatic rings. The summed E-state index contributed by atoms with van der Waals surface area (Å²) in [4.78, 5) is 59.7. The summed E-state index contributed by atoms with van der Waals surface area (Å²) in [5.74, 6) is -1.80. The van der Waals surface area contributed by atoms with Gasteiger partial charge in [0, 0.05) is 36.3 Å². The zero-order valence-electron chi connectivity index (χ0n) is 18.6. The Labute approximate surface area is 205 Å². The van der Waals surface area contributed by atoms with Crippen molar-refractivity contribution >= 4 is 45.4 Å². The number of fused-ring (bicyclic) bond motifs is 3. The zero-order valence-corrected chi connectivity index (χ0v) is 19.3. The minimum Gasteiger partial charge on any atom is -0.350 e. The number of carbonyl (C=O) groups excluding carboxylic acids is 2. The Kier molecular flexibility index (Phi) is 6.04. The molecule has 186 valence electrons. The van der Waals surface area contributed by atoms with Crippen LogP contribution < -0.4 is 16.6 Å². The summed E-state index contributed by atoms with van der Waals surface area (Å²) in [6.45, 7) is -0.688. The Balaban J connectivity index is 1.35. The number of hydrogen-bond donors (Lipinski definition) is 3.